The number of benzene rings is 1. The quantitative estimate of drug-likeness (QED) is 0.828. The zero-order valence-electron chi connectivity index (χ0n) is 10.4. The normalized spacial score (nSPS) is 21.4. The van der Waals surface area contributed by atoms with E-state index < -0.39 is 9.84 Å². The van der Waals surface area contributed by atoms with Crippen molar-refractivity contribution < 1.29 is 8.42 Å². The van der Waals surface area contributed by atoms with Crippen molar-refractivity contribution in [3.63, 3.8) is 0 Å². The highest BCUT2D eigenvalue weighted by Crippen LogP contribution is 2.33. The van der Waals surface area contributed by atoms with Gasteiger partial charge < -0.3 is 5.32 Å². The average Bonchev–Trinajstić information content (AvgIpc) is 2.52. The Morgan fingerprint density at radius 3 is 2.88 bits per heavy atom. The number of rotatable bonds is 4. The molecule has 0 aliphatic carbocycles. The Hall–Kier alpha value is -0.870. The minimum Gasteiger partial charge on any atom is -0.320 e. The predicted octanol–water partition coefficient (Wildman–Crippen LogP) is 1.56. The van der Waals surface area contributed by atoms with E-state index in [-0.39, 0.29) is 5.25 Å². The molecule has 1 aromatic carbocycles. The SMILES string of the molecule is CNCCCc1cccc2c1CC(C)S2(=O)=O. The molecule has 1 aromatic rings. The molecule has 0 fully saturated rings. The summed E-state index contributed by atoms with van der Waals surface area (Å²) in [5.41, 5.74) is 2.25. The third-order valence-corrected chi connectivity index (χ3v) is 5.65. The standard InChI is InChI=1S/C13H19NO2S/c1-10-9-12-11(6-4-8-14-2)5-3-7-13(12)17(10,15)16/h3,5,7,10,14H,4,6,8-9H2,1-2H3. The number of hydrogen-bond acceptors (Lipinski definition) is 3. The minimum absolute atomic E-state index is 0.261. The van der Waals surface area contributed by atoms with Crippen LogP contribution in [0, 0.1) is 0 Å². The Bertz CT molecular complexity index is 508. The molecular weight excluding hydrogens is 234 g/mol. The predicted molar refractivity (Wildman–Crippen MR) is 69.0 cm³/mol. The molecule has 0 saturated heterocycles. The van der Waals surface area contributed by atoms with E-state index in [9.17, 15) is 8.42 Å². The molecule has 94 valence electrons. The molecule has 17 heavy (non-hydrogen) atoms. The smallest absolute Gasteiger partial charge is 0.181 e. The van der Waals surface area contributed by atoms with Gasteiger partial charge in [0, 0.05) is 0 Å². The molecular formula is C13H19NO2S. The lowest BCUT2D eigenvalue weighted by atomic mass is 9.99. The molecule has 1 aliphatic heterocycles. The van der Waals surface area contributed by atoms with E-state index in [1.807, 2.05) is 13.1 Å². The fraction of sp³-hybridized carbons (Fsp3) is 0.538. The molecule has 1 aliphatic rings. The summed E-state index contributed by atoms with van der Waals surface area (Å²) in [6.07, 6.45) is 2.67. The summed E-state index contributed by atoms with van der Waals surface area (Å²) in [6, 6.07) is 5.67. The monoisotopic (exact) mass is 253 g/mol. The molecule has 1 N–H and O–H groups in total. The maximum absolute atomic E-state index is 12.1. The summed E-state index contributed by atoms with van der Waals surface area (Å²) in [4.78, 5) is 0.562. The Labute approximate surface area is 103 Å². The first-order valence-corrected chi connectivity index (χ1v) is 7.61. The average molecular weight is 253 g/mol. The Balaban J connectivity index is 2.31. The van der Waals surface area contributed by atoms with Crippen LogP contribution in [0.1, 0.15) is 24.5 Å². The van der Waals surface area contributed by atoms with E-state index >= 15 is 0 Å². The van der Waals surface area contributed by atoms with Crippen molar-refractivity contribution >= 4 is 9.84 Å². The van der Waals surface area contributed by atoms with E-state index in [4.69, 9.17) is 0 Å². The Kier molecular flexibility index (Phi) is 3.54. The Morgan fingerprint density at radius 2 is 2.18 bits per heavy atom. The summed E-state index contributed by atoms with van der Waals surface area (Å²) in [5, 5.41) is 2.85. The second kappa shape index (κ2) is 4.78. The number of fused-ring (bicyclic) bond motifs is 1. The van der Waals surface area contributed by atoms with Gasteiger partial charge >= 0.3 is 0 Å². The number of aryl methyl sites for hydroxylation is 1. The van der Waals surface area contributed by atoms with Crippen LogP contribution < -0.4 is 5.32 Å². The van der Waals surface area contributed by atoms with Crippen molar-refractivity contribution in [2.75, 3.05) is 13.6 Å². The molecule has 4 heteroatoms. The van der Waals surface area contributed by atoms with Gasteiger partial charge in [-0.05, 0) is 57.0 Å². The van der Waals surface area contributed by atoms with Crippen LogP contribution in [0.2, 0.25) is 0 Å². The molecule has 1 heterocycles. The first-order valence-electron chi connectivity index (χ1n) is 6.06. The van der Waals surface area contributed by atoms with E-state index in [1.54, 1.807) is 13.0 Å². The van der Waals surface area contributed by atoms with Gasteiger partial charge in [0.15, 0.2) is 9.84 Å². The van der Waals surface area contributed by atoms with E-state index in [2.05, 4.69) is 11.4 Å². The van der Waals surface area contributed by atoms with Crippen LogP contribution in [0.25, 0.3) is 0 Å². The highest BCUT2D eigenvalue weighted by molar-refractivity contribution is 7.92. The zero-order valence-corrected chi connectivity index (χ0v) is 11.2. The van der Waals surface area contributed by atoms with Crippen LogP contribution in [-0.2, 0) is 22.7 Å². The molecule has 0 aromatic heterocycles. The van der Waals surface area contributed by atoms with Crippen molar-refractivity contribution in [2.45, 2.75) is 36.3 Å². The molecule has 0 amide bonds. The van der Waals surface area contributed by atoms with Gasteiger partial charge in [-0.3, -0.25) is 0 Å². The fourth-order valence-electron chi connectivity index (χ4n) is 2.41. The second-order valence-corrected chi connectivity index (χ2v) is 7.00. The van der Waals surface area contributed by atoms with Gasteiger partial charge in [0.1, 0.15) is 0 Å². The number of nitrogens with one attached hydrogen (secondary N) is 1. The summed E-state index contributed by atoms with van der Waals surface area (Å²) >= 11 is 0. The first-order chi connectivity index (χ1) is 8.07. The molecule has 0 spiro atoms. The molecule has 0 radical (unpaired) electrons. The van der Waals surface area contributed by atoms with Gasteiger partial charge in [-0.15, -0.1) is 0 Å². The van der Waals surface area contributed by atoms with Gasteiger partial charge in [-0.25, -0.2) is 8.42 Å². The van der Waals surface area contributed by atoms with Crippen LogP contribution in [-0.4, -0.2) is 27.3 Å². The fourth-order valence-corrected chi connectivity index (χ4v) is 4.06. The van der Waals surface area contributed by atoms with Gasteiger partial charge in [0.05, 0.1) is 10.1 Å². The zero-order chi connectivity index (χ0) is 12.5. The second-order valence-electron chi connectivity index (χ2n) is 4.66. The largest absolute Gasteiger partial charge is 0.320 e. The topological polar surface area (TPSA) is 46.2 Å². The van der Waals surface area contributed by atoms with Crippen molar-refractivity contribution in [1.82, 2.24) is 5.32 Å². The van der Waals surface area contributed by atoms with E-state index in [0.29, 0.717) is 11.3 Å². The van der Waals surface area contributed by atoms with Crippen LogP contribution in [0.3, 0.4) is 0 Å². The lowest BCUT2D eigenvalue weighted by molar-refractivity contribution is 0.590. The lowest BCUT2D eigenvalue weighted by Gasteiger charge is -2.06. The first kappa shape index (κ1) is 12.6. The summed E-state index contributed by atoms with van der Waals surface area (Å²) in [5.74, 6) is 0. The molecule has 0 bridgehead atoms. The summed E-state index contributed by atoms with van der Waals surface area (Å²) in [6.45, 7) is 2.76. The Morgan fingerprint density at radius 1 is 1.41 bits per heavy atom. The van der Waals surface area contributed by atoms with Crippen molar-refractivity contribution in [3.05, 3.63) is 29.3 Å². The summed E-state index contributed by atoms with van der Waals surface area (Å²) in [7, 11) is -1.12. The molecule has 0 saturated carbocycles. The van der Waals surface area contributed by atoms with Crippen LogP contribution in [0.5, 0.6) is 0 Å². The number of sulfone groups is 1. The van der Waals surface area contributed by atoms with Crippen molar-refractivity contribution in [2.24, 2.45) is 0 Å². The third-order valence-electron chi connectivity index (χ3n) is 3.43. The minimum atomic E-state index is -3.05. The number of hydrogen-bond donors (Lipinski definition) is 1. The molecule has 2 rings (SSSR count). The lowest BCUT2D eigenvalue weighted by Crippen LogP contribution is -2.11. The van der Waals surface area contributed by atoms with Crippen molar-refractivity contribution in [1.29, 1.82) is 0 Å². The van der Waals surface area contributed by atoms with Gasteiger partial charge in [0.2, 0.25) is 0 Å². The van der Waals surface area contributed by atoms with E-state index in [0.717, 1.165) is 24.9 Å². The molecule has 1 atom stereocenters. The summed E-state index contributed by atoms with van der Waals surface area (Å²) < 4.78 is 24.1. The highest BCUT2D eigenvalue weighted by Gasteiger charge is 2.34. The van der Waals surface area contributed by atoms with Crippen LogP contribution >= 0.6 is 0 Å². The van der Waals surface area contributed by atoms with Crippen LogP contribution in [0.15, 0.2) is 23.1 Å². The van der Waals surface area contributed by atoms with Gasteiger partial charge in [-0.1, -0.05) is 12.1 Å². The maximum Gasteiger partial charge on any atom is 0.181 e. The maximum atomic E-state index is 12.1. The third kappa shape index (κ3) is 2.24. The molecule has 1 unspecified atom stereocenters. The van der Waals surface area contributed by atoms with Crippen LogP contribution in [0.4, 0.5) is 0 Å². The van der Waals surface area contributed by atoms with Gasteiger partial charge in [0.25, 0.3) is 0 Å². The van der Waals surface area contributed by atoms with Crippen molar-refractivity contribution in [3.8, 4) is 0 Å². The highest BCUT2D eigenvalue weighted by atomic mass is 32.2. The molecule has 3 nitrogen and oxygen atoms in total. The van der Waals surface area contributed by atoms with E-state index in [1.165, 1.54) is 5.56 Å². The van der Waals surface area contributed by atoms with Gasteiger partial charge in [-0.2, -0.15) is 0 Å².